The number of esters is 1. The van der Waals surface area contributed by atoms with Gasteiger partial charge in [-0.25, -0.2) is 0 Å². The van der Waals surface area contributed by atoms with Crippen LogP contribution in [0.2, 0.25) is 0 Å². The van der Waals surface area contributed by atoms with Gasteiger partial charge in [-0.3, -0.25) is 4.79 Å². The molecule has 190 valence electrons. The lowest BCUT2D eigenvalue weighted by Crippen LogP contribution is -2.31. The number of ether oxygens (including phenoxy) is 2. The first kappa shape index (κ1) is 25.6. The highest BCUT2D eigenvalue weighted by Gasteiger charge is 2.35. The minimum atomic E-state index is -4.34. The van der Waals surface area contributed by atoms with Gasteiger partial charge in [-0.05, 0) is 65.6 Å². The second-order valence-electron chi connectivity index (χ2n) is 9.59. The summed E-state index contributed by atoms with van der Waals surface area (Å²) in [5.74, 6) is 0.439. The van der Waals surface area contributed by atoms with E-state index in [-0.39, 0.29) is 17.8 Å². The highest BCUT2D eigenvalue weighted by molar-refractivity contribution is 5.73. The number of carbonyl (C=O) groups excluding carboxylic acids is 1. The Labute approximate surface area is 209 Å². The molecule has 3 aromatic rings. The standard InChI is InChI=1S/C29H30F3NO3/c1-4-35-27(34)17-20-6-5-7-24(16-20)36-15-14-33-19-28(2,3)25-18-22(10-13-26(25)33)21-8-11-23(12-9-21)29(30,31)32/h5-13,16,18H,4,14-15,17,19H2,1-3H3. The maximum atomic E-state index is 12.9. The number of hydrogen-bond donors (Lipinski definition) is 0. The van der Waals surface area contributed by atoms with Gasteiger partial charge in [0.05, 0.1) is 25.1 Å². The van der Waals surface area contributed by atoms with Gasteiger partial charge in [-0.1, -0.05) is 44.2 Å². The third kappa shape index (κ3) is 5.83. The fraction of sp³-hybridized carbons (Fsp3) is 0.345. The molecule has 4 rings (SSSR count). The van der Waals surface area contributed by atoms with Crippen molar-refractivity contribution < 1.29 is 27.4 Å². The van der Waals surface area contributed by atoms with Crippen molar-refractivity contribution in [3.63, 3.8) is 0 Å². The molecule has 0 fully saturated rings. The first-order chi connectivity index (χ1) is 17.1. The molecule has 0 aliphatic carbocycles. The normalized spacial score (nSPS) is 14.4. The molecule has 0 aromatic heterocycles. The Morgan fingerprint density at radius 1 is 1.00 bits per heavy atom. The monoisotopic (exact) mass is 497 g/mol. The van der Waals surface area contributed by atoms with Gasteiger partial charge in [-0.2, -0.15) is 13.2 Å². The smallest absolute Gasteiger partial charge is 0.416 e. The molecule has 0 N–H and O–H groups in total. The van der Waals surface area contributed by atoms with E-state index in [0.29, 0.717) is 25.5 Å². The molecule has 4 nitrogen and oxygen atoms in total. The Hall–Kier alpha value is -3.48. The van der Waals surface area contributed by atoms with Crippen LogP contribution in [0.15, 0.2) is 66.7 Å². The average molecular weight is 498 g/mol. The molecule has 0 atom stereocenters. The highest BCUT2D eigenvalue weighted by atomic mass is 19.4. The maximum absolute atomic E-state index is 12.9. The van der Waals surface area contributed by atoms with Crippen LogP contribution in [0.25, 0.3) is 11.1 Å². The largest absolute Gasteiger partial charge is 0.492 e. The SMILES string of the molecule is CCOC(=O)Cc1cccc(OCCN2CC(C)(C)c3cc(-c4ccc(C(F)(F)F)cc4)ccc32)c1. The molecule has 0 saturated heterocycles. The lowest BCUT2D eigenvalue weighted by molar-refractivity contribution is -0.142. The number of hydrogen-bond acceptors (Lipinski definition) is 4. The quantitative estimate of drug-likeness (QED) is 0.327. The molecule has 0 unspecified atom stereocenters. The van der Waals surface area contributed by atoms with Crippen molar-refractivity contribution in [3.8, 4) is 16.9 Å². The zero-order valence-corrected chi connectivity index (χ0v) is 20.7. The van der Waals surface area contributed by atoms with Crippen LogP contribution < -0.4 is 9.64 Å². The number of alkyl halides is 3. The van der Waals surface area contributed by atoms with Gasteiger partial charge >= 0.3 is 12.1 Å². The molecular weight excluding hydrogens is 467 g/mol. The van der Waals surface area contributed by atoms with Crippen molar-refractivity contribution in [2.45, 2.75) is 38.8 Å². The van der Waals surface area contributed by atoms with E-state index in [2.05, 4.69) is 24.8 Å². The van der Waals surface area contributed by atoms with E-state index in [0.717, 1.165) is 46.6 Å². The van der Waals surface area contributed by atoms with E-state index >= 15 is 0 Å². The molecule has 1 heterocycles. The summed E-state index contributed by atoms with van der Waals surface area (Å²) in [6.07, 6.45) is -4.14. The molecule has 1 aliphatic heterocycles. The summed E-state index contributed by atoms with van der Waals surface area (Å²) in [5.41, 5.74) is 4.00. The lowest BCUT2D eigenvalue weighted by atomic mass is 9.85. The molecule has 0 saturated carbocycles. The van der Waals surface area contributed by atoms with E-state index in [4.69, 9.17) is 9.47 Å². The van der Waals surface area contributed by atoms with Gasteiger partial charge in [-0.15, -0.1) is 0 Å². The highest BCUT2D eigenvalue weighted by Crippen LogP contribution is 2.42. The molecule has 0 radical (unpaired) electrons. The van der Waals surface area contributed by atoms with Gasteiger partial charge in [0.15, 0.2) is 0 Å². The van der Waals surface area contributed by atoms with Gasteiger partial charge < -0.3 is 14.4 Å². The van der Waals surface area contributed by atoms with Crippen LogP contribution in [-0.4, -0.2) is 32.3 Å². The van der Waals surface area contributed by atoms with Gasteiger partial charge in [0.1, 0.15) is 12.4 Å². The van der Waals surface area contributed by atoms with Crippen molar-refractivity contribution in [1.29, 1.82) is 0 Å². The Morgan fingerprint density at radius 2 is 1.72 bits per heavy atom. The number of rotatable bonds is 8. The number of carbonyl (C=O) groups is 1. The molecule has 0 bridgehead atoms. The fourth-order valence-electron chi connectivity index (χ4n) is 4.63. The summed E-state index contributed by atoms with van der Waals surface area (Å²) in [5, 5.41) is 0. The van der Waals surface area contributed by atoms with Crippen molar-refractivity contribution in [1.82, 2.24) is 0 Å². The average Bonchev–Trinajstić information content (AvgIpc) is 3.08. The number of anilines is 1. The topological polar surface area (TPSA) is 38.8 Å². The van der Waals surface area contributed by atoms with Gasteiger partial charge in [0.2, 0.25) is 0 Å². The second-order valence-corrected chi connectivity index (χ2v) is 9.59. The van der Waals surface area contributed by atoms with Crippen LogP contribution >= 0.6 is 0 Å². The predicted molar refractivity (Wildman–Crippen MR) is 134 cm³/mol. The zero-order valence-electron chi connectivity index (χ0n) is 20.7. The van der Waals surface area contributed by atoms with Crippen molar-refractivity contribution in [2.75, 3.05) is 31.2 Å². The van der Waals surface area contributed by atoms with Crippen LogP contribution in [0, 0.1) is 0 Å². The first-order valence-electron chi connectivity index (χ1n) is 12.0. The molecule has 1 aliphatic rings. The number of nitrogens with zero attached hydrogens (tertiary/aromatic N) is 1. The minimum Gasteiger partial charge on any atom is -0.492 e. The van der Waals surface area contributed by atoms with Gasteiger partial charge in [0.25, 0.3) is 0 Å². The Balaban J connectivity index is 1.43. The van der Waals surface area contributed by atoms with Crippen molar-refractivity contribution in [3.05, 3.63) is 83.4 Å². The Kier molecular flexibility index (Phi) is 7.29. The van der Waals surface area contributed by atoms with E-state index in [1.54, 1.807) is 6.92 Å². The molecule has 36 heavy (non-hydrogen) atoms. The zero-order chi connectivity index (χ0) is 25.9. The minimum absolute atomic E-state index is 0.114. The van der Waals surface area contributed by atoms with Crippen LogP contribution in [0.4, 0.5) is 18.9 Å². The fourth-order valence-corrected chi connectivity index (χ4v) is 4.63. The van der Waals surface area contributed by atoms with E-state index < -0.39 is 11.7 Å². The van der Waals surface area contributed by atoms with E-state index in [1.807, 2.05) is 36.4 Å². The third-order valence-corrected chi connectivity index (χ3v) is 6.38. The second kappa shape index (κ2) is 10.2. The van der Waals surface area contributed by atoms with Crippen LogP contribution in [0.3, 0.4) is 0 Å². The number of halogens is 3. The van der Waals surface area contributed by atoms with Crippen molar-refractivity contribution >= 4 is 11.7 Å². The van der Waals surface area contributed by atoms with E-state index in [9.17, 15) is 18.0 Å². The van der Waals surface area contributed by atoms with Crippen LogP contribution in [0.1, 0.15) is 37.5 Å². The molecule has 3 aromatic carbocycles. The van der Waals surface area contributed by atoms with Crippen LogP contribution in [0.5, 0.6) is 5.75 Å². The Bertz CT molecular complexity index is 1220. The van der Waals surface area contributed by atoms with E-state index in [1.165, 1.54) is 12.1 Å². The summed E-state index contributed by atoms with van der Waals surface area (Å²) >= 11 is 0. The number of fused-ring (bicyclic) bond motifs is 1. The lowest BCUT2D eigenvalue weighted by Gasteiger charge is -2.22. The first-order valence-corrected chi connectivity index (χ1v) is 12.0. The van der Waals surface area contributed by atoms with Crippen LogP contribution in [-0.2, 0) is 27.5 Å². The molecule has 0 spiro atoms. The summed E-state index contributed by atoms with van der Waals surface area (Å²) < 4.78 is 49.8. The Morgan fingerprint density at radius 3 is 2.42 bits per heavy atom. The third-order valence-electron chi connectivity index (χ3n) is 6.38. The summed E-state index contributed by atoms with van der Waals surface area (Å²) in [6, 6.07) is 18.8. The van der Waals surface area contributed by atoms with Crippen molar-refractivity contribution in [2.24, 2.45) is 0 Å². The molecule has 0 amide bonds. The van der Waals surface area contributed by atoms with Gasteiger partial charge in [0, 0.05) is 17.6 Å². The predicted octanol–water partition coefficient (Wildman–Crippen LogP) is 6.65. The summed E-state index contributed by atoms with van der Waals surface area (Å²) in [4.78, 5) is 14.0. The number of benzene rings is 3. The molecular formula is C29H30F3NO3. The molecule has 7 heteroatoms. The summed E-state index contributed by atoms with van der Waals surface area (Å²) in [7, 11) is 0. The summed E-state index contributed by atoms with van der Waals surface area (Å²) in [6.45, 7) is 8.44. The maximum Gasteiger partial charge on any atom is 0.416 e.